The lowest BCUT2D eigenvalue weighted by Gasteiger charge is -2.23. The summed E-state index contributed by atoms with van der Waals surface area (Å²) < 4.78 is 0. The number of hydrogen-bond donors (Lipinski definition) is 2. The number of rotatable bonds is 5. The number of nitrogens with one attached hydrogen (secondary N) is 1. The molecule has 1 saturated heterocycles. The van der Waals surface area contributed by atoms with E-state index in [0.717, 1.165) is 12.5 Å². The van der Waals surface area contributed by atoms with Crippen LogP contribution >= 0.6 is 0 Å². The number of likely N-dealkylation sites (tertiary alicyclic amines) is 1. The fourth-order valence-electron chi connectivity index (χ4n) is 3.14. The molecule has 3 nitrogen and oxygen atoms in total. The predicted octanol–water partition coefficient (Wildman–Crippen LogP) is 2.67. The van der Waals surface area contributed by atoms with Crippen molar-refractivity contribution in [3.05, 3.63) is 29.8 Å². The summed E-state index contributed by atoms with van der Waals surface area (Å²) in [6, 6.07) is 9.55. The Kier molecular flexibility index (Phi) is 3.76. The van der Waals surface area contributed by atoms with Gasteiger partial charge in [-0.05, 0) is 43.4 Å². The van der Waals surface area contributed by atoms with Crippen molar-refractivity contribution >= 4 is 0 Å². The van der Waals surface area contributed by atoms with Gasteiger partial charge in [-0.1, -0.05) is 19.1 Å². The van der Waals surface area contributed by atoms with Gasteiger partial charge in [0.25, 0.3) is 0 Å². The van der Waals surface area contributed by atoms with Gasteiger partial charge in [-0.3, -0.25) is 4.90 Å². The molecule has 1 aliphatic heterocycles. The van der Waals surface area contributed by atoms with E-state index >= 15 is 0 Å². The van der Waals surface area contributed by atoms with Gasteiger partial charge in [0, 0.05) is 31.2 Å². The van der Waals surface area contributed by atoms with Crippen molar-refractivity contribution < 1.29 is 5.11 Å². The second-order valence-corrected chi connectivity index (χ2v) is 5.93. The van der Waals surface area contributed by atoms with E-state index in [4.69, 9.17) is 0 Å². The molecule has 1 heterocycles. The second-order valence-electron chi connectivity index (χ2n) is 5.93. The minimum atomic E-state index is 0.347. The molecule has 0 radical (unpaired) electrons. The van der Waals surface area contributed by atoms with Crippen LogP contribution in [0, 0.1) is 0 Å². The maximum Gasteiger partial charge on any atom is 0.115 e. The van der Waals surface area contributed by atoms with Crippen molar-refractivity contribution in [2.75, 3.05) is 13.1 Å². The molecule has 0 spiro atoms. The van der Waals surface area contributed by atoms with Gasteiger partial charge in [-0.25, -0.2) is 0 Å². The van der Waals surface area contributed by atoms with Gasteiger partial charge in [0.05, 0.1) is 0 Å². The average molecular weight is 260 g/mol. The fourth-order valence-corrected chi connectivity index (χ4v) is 3.14. The molecule has 104 valence electrons. The normalized spacial score (nSPS) is 25.6. The summed E-state index contributed by atoms with van der Waals surface area (Å²) in [7, 11) is 0. The Labute approximate surface area is 115 Å². The van der Waals surface area contributed by atoms with Crippen LogP contribution in [0.1, 0.15) is 44.2 Å². The molecule has 1 saturated carbocycles. The summed E-state index contributed by atoms with van der Waals surface area (Å²) >= 11 is 0. The molecule has 3 heteroatoms. The molecule has 2 aliphatic rings. The summed E-state index contributed by atoms with van der Waals surface area (Å²) in [5.41, 5.74) is 1.28. The lowest BCUT2D eigenvalue weighted by molar-refractivity contribution is 0.311. The zero-order chi connectivity index (χ0) is 13.2. The highest BCUT2D eigenvalue weighted by atomic mass is 16.3. The monoisotopic (exact) mass is 260 g/mol. The summed E-state index contributed by atoms with van der Waals surface area (Å²) in [5, 5.41) is 13.2. The highest BCUT2D eigenvalue weighted by molar-refractivity contribution is 5.28. The summed E-state index contributed by atoms with van der Waals surface area (Å²) in [6.45, 7) is 4.69. The molecule has 2 fully saturated rings. The largest absolute Gasteiger partial charge is 0.508 e. The first-order chi connectivity index (χ1) is 9.26. The van der Waals surface area contributed by atoms with Crippen molar-refractivity contribution in [2.45, 2.75) is 50.7 Å². The second kappa shape index (κ2) is 5.51. The van der Waals surface area contributed by atoms with Gasteiger partial charge in [0.15, 0.2) is 0 Å². The molecule has 2 N–H and O–H groups in total. The van der Waals surface area contributed by atoms with Crippen molar-refractivity contribution in [2.24, 2.45) is 0 Å². The smallest absolute Gasteiger partial charge is 0.115 e. The Hall–Kier alpha value is -1.06. The molecule has 2 atom stereocenters. The van der Waals surface area contributed by atoms with Crippen LogP contribution in [0.25, 0.3) is 0 Å². The van der Waals surface area contributed by atoms with Crippen LogP contribution < -0.4 is 5.32 Å². The summed E-state index contributed by atoms with van der Waals surface area (Å²) in [5.74, 6) is 0.347. The first-order valence-corrected chi connectivity index (χ1v) is 7.55. The molecule has 3 rings (SSSR count). The van der Waals surface area contributed by atoms with E-state index in [-0.39, 0.29) is 0 Å². The Morgan fingerprint density at radius 3 is 2.63 bits per heavy atom. The van der Waals surface area contributed by atoms with Crippen LogP contribution in [0.15, 0.2) is 24.3 Å². The molecule has 1 aromatic carbocycles. The van der Waals surface area contributed by atoms with Crippen molar-refractivity contribution in [3.8, 4) is 5.75 Å². The first-order valence-electron chi connectivity index (χ1n) is 7.55. The van der Waals surface area contributed by atoms with Gasteiger partial charge in [0.1, 0.15) is 5.75 Å². The van der Waals surface area contributed by atoms with Crippen LogP contribution in [-0.4, -0.2) is 35.2 Å². The average Bonchev–Trinajstić information content (AvgIpc) is 3.17. The van der Waals surface area contributed by atoms with Crippen LogP contribution in [0.2, 0.25) is 0 Å². The van der Waals surface area contributed by atoms with E-state index < -0.39 is 0 Å². The third-order valence-electron chi connectivity index (χ3n) is 4.42. The minimum Gasteiger partial charge on any atom is -0.508 e. The van der Waals surface area contributed by atoms with Gasteiger partial charge < -0.3 is 10.4 Å². The molecule has 0 amide bonds. The number of nitrogens with zero attached hydrogens (tertiary/aromatic N) is 1. The molecule has 0 bridgehead atoms. The highest BCUT2D eigenvalue weighted by Crippen LogP contribution is 2.30. The Morgan fingerprint density at radius 1 is 1.26 bits per heavy atom. The van der Waals surface area contributed by atoms with E-state index in [9.17, 15) is 5.11 Å². The molecule has 0 aromatic heterocycles. The molecule has 19 heavy (non-hydrogen) atoms. The SMILES string of the molecule is CCC(NC1CCN(C2CC2)C1)c1ccc(O)cc1. The van der Waals surface area contributed by atoms with Crippen LogP contribution in [0.3, 0.4) is 0 Å². The number of phenols is 1. The van der Waals surface area contributed by atoms with E-state index in [1.807, 2.05) is 12.1 Å². The zero-order valence-electron chi connectivity index (χ0n) is 11.7. The molecular weight excluding hydrogens is 236 g/mol. The lowest BCUT2D eigenvalue weighted by Crippen LogP contribution is -2.35. The van der Waals surface area contributed by atoms with Crippen LogP contribution in [-0.2, 0) is 0 Å². The number of hydrogen-bond acceptors (Lipinski definition) is 3. The first kappa shape index (κ1) is 12.9. The zero-order valence-corrected chi connectivity index (χ0v) is 11.7. The maximum atomic E-state index is 9.37. The summed E-state index contributed by atoms with van der Waals surface area (Å²) in [6.07, 6.45) is 5.17. The number of aromatic hydroxyl groups is 1. The number of benzene rings is 1. The van der Waals surface area contributed by atoms with Crippen molar-refractivity contribution in [3.63, 3.8) is 0 Å². The molecular formula is C16H24N2O. The predicted molar refractivity (Wildman–Crippen MR) is 77.3 cm³/mol. The van der Waals surface area contributed by atoms with Crippen molar-refractivity contribution in [1.29, 1.82) is 0 Å². The molecule has 2 unspecified atom stereocenters. The topological polar surface area (TPSA) is 35.5 Å². The van der Waals surface area contributed by atoms with Gasteiger partial charge in [0.2, 0.25) is 0 Å². The Balaban J connectivity index is 1.58. The fraction of sp³-hybridized carbons (Fsp3) is 0.625. The van der Waals surface area contributed by atoms with Gasteiger partial charge in [-0.15, -0.1) is 0 Å². The van der Waals surface area contributed by atoms with E-state index in [0.29, 0.717) is 17.8 Å². The third-order valence-corrected chi connectivity index (χ3v) is 4.42. The van der Waals surface area contributed by atoms with Gasteiger partial charge in [-0.2, -0.15) is 0 Å². The van der Waals surface area contributed by atoms with E-state index in [2.05, 4.69) is 17.1 Å². The highest BCUT2D eigenvalue weighted by Gasteiger charge is 2.34. The third kappa shape index (κ3) is 3.10. The van der Waals surface area contributed by atoms with Crippen LogP contribution in [0.5, 0.6) is 5.75 Å². The molecule has 1 aliphatic carbocycles. The molecule has 1 aromatic rings. The minimum absolute atomic E-state index is 0.347. The maximum absolute atomic E-state index is 9.37. The van der Waals surface area contributed by atoms with E-state index in [1.54, 1.807) is 12.1 Å². The van der Waals surface area contributed by atoms with Crippen LogP contribution in [0.4, 0.5) is 0 Å². The lowest BCUT2D eigenvalue weighted by atomic mass is 10.0. The summed E-state index contributed by atoms with van der Waals surface area (Å²) in [4.78, 5) is 2.64. The standard InChI is InChI=1S/C16H24N2O/c1-2-16(12-3-7-15(19)8-4-12)17-13-9-10-18(11-13)14-5-6-14/h3-4,7-8,13-14,16-17,19H,2,5-6,9-11H2,1H3. The Morgan fingerprint density at radius 2 is 2.00 bits per heavy atom. The van der Waals surface area contributed by atoms with Crippen molar-refractivity contribution in [1.82, 2.24) is 10.2 Å². The van der Waals surface area contributed by atoms with Gasteiger partial charge >= 0.3 is 0 Å². The Bertz CT molecular complexity index is 413. The van der Waals surface area contributed by atoms with E-state index in [1.165, 1.54) is 37.9 Å². The quantitative estimate of drug-likeness (QED) is 0.854. The number of phenolic OH excluding ortho intramolecular Hbond substituents is 1.